The molecule has 5 aliphatic rings. The third-order valence-electron chi connectivity index (χ3n) is 8.62. The molecular weight excluding hydrogens is 448 g/mol. The normalized spacial score (nSPS) is 25.9. The number of urea groups is 1. The van der Waals surface area contributed by atoms with E-state index in [1.54, 1.807) is 6.07 Å². The molecule has 34 heavy (non-hydrogen) atoms. The number of amides is 3. The van der Waals surface area contributed by atoms with Crippen LogP contribution in [0.1, 0.15) is 39.5 Å². The van der Waals surface area contributed by atoms with E-state index in [1.807, 2.05) is 28.0 Å². The maximum absolute atomic E-state index is 13.3. The highest BCUT2D eigenvalue weighted by atomic mass is 35.5. The topological polar surface area (TPSA) is 55.9 Å². The highest BCUT2D eigenvalue weighted by molar-refractivity contribution is 6.30. The first-order valence-corrected chi connectivity index (χ1v) is 13.2. The van der Waals surface area contributed by atoms with Crippen molar-refractivity contribution in [3.8, 4) is 0 Å². The molecule has 2 unspecified atom stereocenters. The van der Waals surface area contributed by atoms with Crippen LogP contribution in [0.15, 0.2) is 35.9 Å². The molecular formula is C27H37ClN4O2. The lowest BCUT2D eigenvalue weighted by Gasteiger charge is -2.57. The summed E-state index contributed by atoms with van der Waals surface area (Å²) in [5.74, 6) is 1.98. The number of nitrogens with one attached hydrogen (secondary N) is 1. The van der Waals surface area contributed by atoms with E-state index in [0.29, 0.717) is 35.4 Å². The summed E-state index contributed by atoms with van der Waals surface area (Å²) in [4.78, 5) is 32.1. The average molecular weight is 485 g/mol. The SMILES string of the molecule is CC1(C)C2CC=C(CN(CCN3CCN(C(=O)C4CC4)CC3)C(=O)Nc3cccc(Cl)c3)C1C2. The van der Waals surface area contributed by atoms with Crippen molar-refractivity contribution >= 4 is 29.2 Å². The van der Waals surface area contributed by atoms with Crippen LogP contribution < -0.4 is 5.32 Å². The second-order valence-corrected chi connectivity index (χ2v) is 11.6. The number of rotatable bonds is 7. The standard InChI is InChI=1S/C27H37ClN4O2/c1-27(2)21-9-8-20(24(27)16-21)18-32(26(34)29-23-5-3-4-22(28)17-23)15-12-30-10-13-31(14-11-30)25(33)19-6-7-19/h3-5,8,17,19,21,24H,6-7,9-16,18H2,1-2H3,(H,29,34). The number of piperazine rings is 1. The van der Waals surface area contributed by atoms with Crippen LogP contribution in [-0.4, -0.2) is 72.5 Å². The summed E-state index contributed by atoms with van der Waals surface area (Å²) in [6, 6.07) is 7.24. The molecule has 3 amide bonds. The summed E-state index contributed by atoms with van der Waals surface area (Å²) in [6.45, 7) is 10.3. The number of hydrogen-bond acceptors (Lipinski definition) is 3. The molecule has 0 spiro atoms. The lowest BCUT2D eigenvalue weighted by Crippen LogP contribution is -2.53. The predicted octanol–water partition coefficient (Wildman–Crippen LogP) is 4.72. The minimum atomic E-state index is -0.0787. The van der Waals surface area contributed by atoms with Gasteiger partial charge >= 0.3 is 6.03 Å². The fourth-order valence-corrected chi connectivity index (χ4v) is 6.13. The third-order valence-corrected chi connectivity index (χ3v) is 8.85. The van der Waals surface area contributed by atoms with Crippen molar-refractivity contribution in [2.75, 3.05) is 51.1 Å². The first kappa shape index (κ1) is 23.7. The summed E-state index contributed by atoms with van der Waals surface area (Å²) < 4.78 is 0. The molecule has 1 aromatic rings. The molecule has 1 saturated heterocycles. The van der Waals surface area contributed by atoms with Gasteiger partial charge in [-0.1, -0.05) is 43.2 Å². The van der Waals surface area contributed by atoms with Crippen LogP contribution in [0.2, 0.25) is 5.02 Å². The number of carbonyl (C=O) groups excluding carboxylic acids is 2. The van der Waals surface area contributed by atoms with Gasteiger partial charge in [-0.15, -0.1) is 0 Å². The Morgan fingerprint density at radius 3 is 2.59 bits per heavy atom. The van der Waals surface area contributed by atoms with Crippen molar-refractivity contribution in [1.29, 1.82) is 0 Å². The Kier molecular flexibility index (Phi) is 6.64. The highest BCUT2D eigenvalue weighted by Crippen LogP contribution is 2.59. The van der Waals surface area contributed by atoms with Crippen LogP contribution in [0.5, 0.6) is 0 Å². The summed E-state index contributed by atoms with van der Waals surface area (Å²) in [7, 11) is 0. The molecule has 1 aliphatic heterocycles. The number of fused-ring (bicyclic) bond motifs is 1. The fourth-order valence-electron chi connectivity index (χ4n) is 5.94. The maximum atomic E-state index is 13.3. The van der Waals surface area contributed by atoms with Crippen LogP contribution in [0.25, 0.3) is 0 Å². The Balaban J connectivity index is 1.21. The highest BCUT2D eigenvalue weighted by Gasteiger charge is 2.51. The van der Waals surface area contributed by atoms with E-state index in [1.165, 1.54) is 12.0 Å². The molecule has 2 bridgehead atoms. The van der Waals surface area contributed by atoms with Crippen molar-refractivity contribution in [3.63, 3.8) is 0 Å². The zero-order valence-corrected chi connectivity index (χ0v) is 21.2. The largest absolute Gasteiger partial charge is 0.340 e. The Bertz CT molecular complexity index is 965. The molecule has 184 valence electrons. The Hall–Kier alpha value is -2.05. The summed E-state index contributed by atoms with van der Waals surface area (Å²) in [5, 5.41) is 3.67. The van der Waals surface area contributed by atoms with E-state index >= 15 is 0 Å². The van der Waals surface area contributed by atoms with Gasteiger partial charge in [0.05, 0.1) is 0 Å². The first-order valence-electron chi connectivity index (χ1n) is 12.8. The van der Waals surface area contributed by atoms with Gasteiger partial charge in [0.1, 0.15) is 0 Å². The van der Waals surface area contributed by atoms with Crippen molar-refractivity contribution < 1.29 is 9.59 Å². The number of nitrogens with zero attached hydrogens (tertiary/aromatic N) is 3. The molecule has 6 rings (SSSR count). The lowest BCUT2D eigenvalue weighted by molar-refractivity contribution is -0.134. The fraction of sp³-hybridized carbons (Fsp3) is 0.630. The molecule has 7 heteroatoms. The van der Waals surface area contributed by atoms with Crippen LogP contribution in [0.4, 0.5) is 10.5 Å². The summed E-state index contributed by atoms with van der Waals surface area (Å²) in [5.41, 5.74) is 2.47. The number of carbonyl (C=O) groups is 2. The number of anilines is 1. The van der Waals surface area contributed by atoms with E-state index in [4.69, 9.17) is 11.6 Å². The van der Waals surface area contributed by atoms with Crippen molar-refractivity contribution in [1.82, 2.24) is 14.7 Å². The van der Waals surface area contributed by atoms with Gasteiger partial charge in [-0.3, -0.25) is 9.69 Å². The zero-order chi connectivity index (χ0) is 23.9. The van der Waals surface area contributed by atoms with Crippen LogP contribution in [-0.2, 0) is 4.79 Å². The Morgan fingerprint density at radius 1 is 1.18 bits per heavy atom. The van der Waals surface area contributed by atoms with Gasteiger partial charge < -0.3 is 15.1 Å². The second kappa shape index (κ2) is 9.54. The molecule has 3 fully saturated rings. The lowest BCUT2D eigenvalue weighted by atomic mass is 9.49. The van der Waals surface area contributed by atoms with E-state index in [0.717, 1.165) is 63.6 Å². The smallest absolute Gasteiger partial charge is 0.322 e. The van der Waals surface area contributed by atoms with Crippen molar-refractivity contribution in [2.45, 2.75) is 39.5 Å². The number of halogens is 1. The van der Waals surface area contributed by atoms with Gasteiger partial charge in [-0.25, -0.2) is 4.79 Å². The van der Waals surface area contributed by atoms with Crippen molar-refractivity contribution in [3.05, 3.63) is 40.9 Å². The molecule has 1 N–H and O–H groups in total. The van der Waals surface area contributed by atoms with Gasteiger partial charge in [-0.05, 0) is 61.1 Å². The average Bonchev–Trinajstić information content (AvgIpc) is 3.67. The van der Waals surface area contributed by atoms with Crippen LogP contribution in [0.3, 0.4) is 0 Å². The number of allylic oxidation sites excluding steroid dienone is 1. The predicted molar refractivity (Wildman–Crippen MR) is 136 cm³/mol. The van der Waals surface area contributed by atoms with E-state index in [9.17, 15) is 9.59 Å². The minimum Gasteiger partial charge on any atom is -0.340 e. The Labute approximate surface area is 208 Å². The molecule has 0 aromatic heterocycles. The maximum Gasteiger partial charge on any atom is 0.322 e. The quantitative estimate of drug-likeness (QED) is 0.570. The van der Waals surface area contributed by atoms with Gasteiger partial charge in [0, 0.05) is 62.4 Å². The number of hydrogen-bond donors (Lipinski definition) is 1. The summed E-state index contributed by atoms with van der Waals surface area (Å²) >= 11 is 6.13. The molecule has 2 saturated carbocycles. The van der Waals surface area contributed by atoms with Gasteiger partial charge in [-0.2, -0.15) is 0 Å². The van der Waals surface area contributed by atoms with Crippen LogP contribution in [0, 0.1) is 23.2 Å². The van der Waals surface area contributed by atoms with E-state index in [2.05, 4.69) is 30.1 Å². The molecule has 4 aliphatic carbocycles. The minimum absolute atomic E-state index is 0.0787. The van der Waals surface area contributed by atoms with Gasteiger partial charge in [0.15, 0.2) is 0 Å². The van der Waals surface area contributed by atoms with E-state index in [-0.39, 0.29) is 11.9 Å². The molecule has 1 aromatic carbocycles. The molecule has 1 heterocycles. The van der Waals surface area contributed by atoms with Gasteiger partial charge in [0.2, 0.25) is 5.91 Å². The zero-order valence-electron chi connectivity index (χ0n) is 20.4. The third kappa shape index (κ3) is 4.99. The summed E-state index contributed by atoms with van der Waals surface area (Å²) in [6.07, 6.45) is 6.87. The Morgan fingerprint density at radius 2 is 1.94 bits per heavy atom. The molecule has 6 nitrogen and oxygen atoms in total. The molecule has 2 atom stereocenters. The van der Waals surface area contributed by atoms with Crippen LogP contribution >= 0.6 is 11.6 Å². The second-order valence-electron chi connectivity index (χ2n) is 11.1. The van der Waals surface area contributed by atoms with Gasteiger partial charge in [0.25, 0.3) is 0 Å². The molecule has 0 radical (unpaired) electrons. The number of benzene rings is 1. The van der Waals surface area contributed by atoms with E-state index < -0.39 is 0 Å². The first-order chi connectivity index (χ1) is 16.3. The van der Waals surface area contributed by atoms with Crippen molar-refractivity contribution in [2.24, 2.45) is 23.2 Å². The monoisotopic (exact) mass is 484 g/mol.